The first kappa shape index (κ1) is 15.5. The van der Waals surface area contributed by atoms with Gasteiger partial charge in [0.25, 0.3) is 5.91 Å². The lowest BCUT2D eigenvalue weighted by Crippen LogP contribution is -2.41. The van der Waals surface area contributed by atoms with E-state index in [1.807, 2.05) is 18.2 Å². The Morgan fingerprint density at radius 3 is 2.91 bits per heavy atom. The maximum Gasteiger partial charge on any atom is 0.328 e. The van der Waals surface area contributed by atoms with Crippen LogP contribution in [0.25, 0.3) is 10.8 Å². The fourth-order valence-electron chi connectivity index (χ4n) is 3.13. The molecule has 1 aromatic carbocycles. The van der Waals surface area contributed by atoms with Crippen LogP contribution in [0.5, 0.6) is 0 Å². The van der Waals surface area contributed by atoms with Crippen LogP contribution < -0.4 is 0 Å². The molecule has 23 heavy (non-hydrogen) atoms. The van der Waals surface area contributed by atoms with E-state index in [1.165, 1.54) is 7.11 Å². The normalized spacial score (nSPS) is 17.5. The number of nitrogens with zero attached hydrogens (tertiary/aromatic N) is 2. The number of likely N-dealkylation sites (tertiary alicyclic amines) is 1. The van der Waals surface area contributed by atoms with E-state index in [1.54, 1.807) is 11.1 Å². The lowest BCUT2D eigenvalue weighted by atomic mass is 10.0. The van der Waals surface area contributed by atoms with E-state index >= 15 is 0 Å². The van der Waals surface area contributed by atoms with Crippen LogP contribution in [0.2, 0.25) is 0 Å². The topological polar surface area (TPSA) is 59.5 Å². The second-order valence-electron chi connectivity index (χ2n) is 5.75. The minimum absolute atomic E-state index is 0.197. The van der Waals surface area contributed by atoms with Crippen molar-refractivity contribution in [1.82, 2.24) is 9.88 Å². The van der Waals surface area contributed by atoms with E-state index in [0.717, 1.165) is 29.2 Å². The second-order valence-corrected chi connectivity index (χ2v) is 5.75. The van der Waals surface area contributed by atoms with Crippen LogP contribution in [0, 0.1) is 0 Å². The zero-order chi connectivity index (χ0) is 16.4. The third-order valence-corrected chi connectivity index (χ3v) is 4.43. The van der Waals surface area contributed by atoms with Gasteiger partial charge in [0, 0.05) is 18.1 Å². The van der Waals surface area contributed by atoms with Crippen molar-refractivity contribution >= 4 is 22.6 Å². The van der Waals surface area contributed by atoms with Gasteiger partial charge in [-0.2, -0.15) is 0 Å². The van der Waals surface area contributed by atoms with Crippen LogP contribution in [-0.4, -0.2) is 41.5 Å². The van der Waals surface area contributed by atoms with Crippen LogP contribution in [0.4, 0.5) is 0 Å². The molecular formula is C18H20N2O3. The highest BCUT2D eigenvalue weighted by Crippen LogP contribution is 2.25. The molecule has 0 saturated carbocycles. The second kappa shape index (κ2) is 6.36. The lowest BCUT2D eigenvalue weighted by Gasteiger charge is -2.22. The fraction of sp³-hybridized carbons (Fsp3) is 0.389. The molecular weight excluding hydrogens is 292 g/mol. The van der Waals surface area contributed by atoms with Gasteiger partial charge in [-0.1, -0.05) is 19.1 Å². The van der Waals surface area contributed by atoms with Crippen LogP contribution in [0.3, 0.4) is 0 Å². The van der Waals surface area contributed by atoms with Gasteiger partial charge in [0.15, 0.2) is 0 Å². The summed E-state index contributed by atoms with van der Waals surface area (Å²) < 4.78 is 4.82. The predicted molar refractivity (Wildman–Crippen MR) is 87.2 cm³/mol. The lowest BCUT2D eigenvalue weighted by molar-refractivity contribution is -0.145. The van der Waals surface area contributed by atoms with E-state index < -0.39 is 6.04 Å². The number of hydrogen-bond donors (Lipinski definition) is 0. The number of carbonyl (C=O) groups is 2. The van der Waals surface area contributed by atoms with Gasteiger partial charge in [-0.05, 0) is 42.3 Å². The Hall–Kier alpha value is -2.43. The molecule has 1 saturated heterocycles. The maximum absolute atomic E-state index is 12.9. The third kappa shape index (κ3) is 2.79. The molecule has 2 aromatic rings. The first-order chi connectivity index (χ1) is 11.2. The SMILES string of the molecule is CCc1ccc2ccnc(C(=O)N3CCCC3C(=O)OC)c2c1. The van der Waals surface area contributed by atoms with Crippen molar-refractivity contribution in [3.8, 4) is 0 Å². The average molecular weight is 312 g/mol. The molecule has 0 aliphatic carbocycles. The van der Waals surface area contributed by atoms with Gasteiger partial charge in [0.1, 0.15) is 11.7 Å². The summed E-state index contributed by atoms with van der Waals surface area (Å²) in [4.78, 5) is 30.7. The number of amides is 1. The number of esters is 1. The summed E-state index contributed by atoms with van der Waals surface area (Å²) >= 11 is 0. The van der Waals surface area contributed by atoms with Gasteiger partial charge in [-0.15, -0.1) is 0 Å². The number of aryl methyl sites for hydroxylation is 1. The number of carbonyl (C=O) groups excluding carboxylic acids is 2. The average Bonchev–Trinajstić information content (AvgIpc) is 3.09. The molecule has 3 rings (SSSR count). The number of ether oxygens (including phenoxy) is 1. The molecule has 1 aliphatic rings. The molecule has 120 valence electrons. The van der Waals surface area contributed by atoms with Crippen LogP contribution >= 0.6 is 0 Å². The maximum atomic E-state index is 12.9. The monoisotopic (exact) mass is 312 g/mol. The molecule has 5 nitrogen and oxygen atoms in total. The minimum atomic E-state index is -0.501. The largest absolute Gasteiger partial charge is 0.467 e. The highest BCUT2D eigenvalue weighted by Gasteiger charge is 2.36. The standard InChI is InChI=1S/C18H20N2O3/c1-3-12-6-7-13-8-9-19-16(14(13)11-12)17(21)20-10-4-5-15(20)18(22)23-2/h6-9,11,15H,3-5,10H2,1-2H3. The summed E-state index contributed by atoms with van der Waals surface area (Å²) in [6.07, 6.45) is 3.98. The summed E-state index contributed by atoms with van der Waals surface area (Å²) in [5.74, 6) is -0.554. The first-order valence-electron chi connectivity index (χ1n) is 7.92. The summed E-state index contributed by atoms with van der Waals surface area (Å²) in [6, 6.07) is 7.48. The quantitative estimate of drug-likeness (QED) is 0.817. The summed E-state index contributed by atoms with van der Waals surface area (Å²) in [5, 5.41) is 1.82. The highest BCUT2D eigenvalue weighted by molar-refractivity contribution is 6.06. The third-order valence-electron chi connectivity index (χ3n) is 4.43. The number of methoxy groups -OCH3 is 1. The number of pyridine rings is 1. The van der Waals surface area contributed by atoms with Gasteiger partial charge >= 0.3 is 5.97 Å². The molecule has 0 spiro atoms. The van der Waals surface area contributed by atoms with E-state index in [9.17, 15) is 9.59 Å². The van der Waals surface area contributed by atoms with Crippen molar-refractivity contribution in [3.05, 3.63) is 41.7 Å². The van der Waals surface area contributed by atoms with Crippen molar-refractivity contribution in [3.63, 3.8) is 0 Å². The summed E-state index contributed by atoms with van der Waals surface area (Å²) in [5.41, 5.74) is 1.57. The number of fused-ring (bicyclic) bond motifs is 1. The Labute approximate surface area is 135 Å². The Morgan fingerprint density at radius 1 is 1.35 bits per heavy atom. The van der Waals surface area contributed by atoms with Crippen LogP contribution in [-0.2, 0) is 16.0 Å². The zero-order valence-electron chi connectivity index (χ0n) is 13.4. The fourth-order valence-corrected chi connectivity index (χ4v) is 3.13. The molecule has 1 aliphatic heterocycles. The molecule has 0 radical (unpaired) electrons. The number of benzene rings is 1. The molecule has 1 unspecified atom stereocenters. The number of rotatable bonds is 3. The number of aromatic nitrogens is 1. The Balaban J connectivity index is 2.02. The minimum Gasteiger partial charge on any atom is -0.467 e. The van der Waals surface area contributed by atoms with Crippen LogP contribution in [0.15, 0.2) is 30.5 Å². The van der Waals surface area contributed by atoms with Crippen molar-refractivity contribution in [2.45, 2.75) is 32.2 Å². The smallest absolute Gasteiger partial charge is 0.328 e. The highest BCUT2D eigenvalue weighted by atomic mass is 16.5. The van der Waals surface area contributed by atoms with Crippen molar-refractivity contribution in [2.75, 3.05) is 13.7 Å². The van der Waals surface area contributed by atoms with E-state index in [-0.39, 0.29) is 11.9 Å². The Bertz CT molecular complexity index is 757. The molecule has 5 heteroatoms. The molecule has 1 amide bonds. The van der Waals surface area contributed by atoms with E-state index in [2.05, 4.69) is 18.0 Å². The van der Waals surface area contributed by atoms with Gasteiger partial charge in [-0.3, -0.25) is 9.78 Å². The Morgan fingerprint density at radius 2 is 2.17 bits per heavy atom. The summed E-state index contributed by atoms with van der Waals surface area (Å²) in [6.45, 7) is 2.64. The van der Waals surface area contributed by atoms with Gasteiger partial charge in [0.2, 0.25) is 0 Å². The van der Waals surface area contributed by atoms with E-state index in [4.69, 9.17) is 4.74 Å². The van der Waals surface area contributed by atoms with Crippen molar-refractivity contribution in [2.24, 2.45) is 0 Å². The molecule has 1 fully saturated rings. The molecule has 1 atom stereocenters. The van der Waals surface area contributed by atoms with E-state index in [0.29, 0.717) is 18.7 Å². The van der Waals surface area contributed by atoms with Crippen molar-refractivity contribution < 1.29 is 14.3 Å². The first-order valence-corrected chi connectivity index (χ1v) is 7.92. The predicted octanol–water partition coefficient (Wildman–Crippen LogP) is 2.57. The Kier molecular flexibility index (Phi) is 4.28. The van der Waals surface area contributed by atoms with Crippen LogP contribution in [0.1, 0.15) is 35.8 Å². The molecule has 0 N–H and O–H groups in total. The number of hydrogen-bond acceptors (Lipinski definition) is 4. The van der Waals surface area contributed by atoms with Gasteiger partial charge in [0.05, 0.1) is 7.11 Å². The van der Waals surface area contributed by atoms with Gasteiger partial charge in [-0.25, -0.2) is 4.79 Å². The zero-order valence-corrected chi connectivity index (χ0v) is 13.4. The molecule has 0 bridgehead atoms. The molecule has 2 heterocycles. The summed E-state index contributed by atoms with van der Waals surface area (Å²) in [7, 11) is 1.35. The van der Waals surface area contributed by atoms with Crippen molar-refractivity contribution in [1.29, 1.82) is 0 Å². The molecule has 1 aromatic heterocycles. The van der Waals surface area contributed by atoms with Gasteiger partial charge < -0.3 is 9.64 Å².